The number of ketones is 1. The SMILES string of the molecule is CCOC(=O)Cc1ccc(N2C(=O)C(=O)/C(=C(\O)c3ccc(OC)c(Br)c3)C2c2ccc(O)cc2)cc1. The maximum Gasteiger partial charge on any atom is 0.310 e. The molecule has 4 rings (SSSR count). The van der Waals surface area contributed by atoms with Crippen LogP contribution in [0.15, 0.2) is 76.8 Å². The third-order valence-corrected chi connectivity index (χ3v) is 6.57. The predicted octanol–water partition coefficient (Wildman–Crippen LogP) is 4.90. The van der Waals surface area contributed by atoms with Crippen LogP contribution in [0.2, 0.25) is 0 Å². The van der Waals surface area contributed by atoms with Crippen molar-refractivity contribution in [3.63, 3.8) is 0 Å². The molecular formula is C28H24BrNO7. The topological polar surface area (TPSA) is 113 Å². The van der Waals surface area contributed by atoms with E-state index in [2.05, 4.69) is 15.9 Å². The van der Waals surface area contributed by atoms with Crippen LogP contribution in [-0.2, 0) is 25.5 Å². The van der Waals surface area contributed by atoms with E-state index in [1.54, 1.807) is 61.5 Å². The molecule has 0 spiro atoms. The van der Waals surface area contributed by atoms with Crippen LogP contribution in [0, 0.1) is 0 Å². The van der Waals surface area contributed by atoms with Crippen LogP contribution < -0.4 is 9.64 Å². The third-order valence-electron chi connectivity index (χ3n) is 5.95. The van der Waals surface area contributed by atoms with E-state index in [1.165, 1.54) is 24.1 Å². The van der Waals surface area contributed by atoms with Crippen molar-refractivity contribution in [3.05, 3.63) is 93.5 Å². The molecule has 2 N–H and O–H groups in total. The van der Waals surface area contributed by atoms with E-state index in [4.69, 9.17) is 9.47 Å². The van der Waals surface area contributed by atoms with Gasteiger partial charge in [-0.1, -0.05) is 24.3 Å². The molecule has 3 aromatic carbocycles. The average Bonchev–Trinajstić information content (AvgIpc) is 3.15. The summed E-state index contributed by atoms with van der Waals surface area (Å²) in [7, 11) is 1.51. The van der Waals surface area contributed by atoms with Crippen molar-refractivity contribution in [1.82, 2.24) is 0 Å². The van der Waals surface area contributed by atoms with Crippen LogP contribution in [0.3, 0.4) is 0 Å². The van der Waals surface area contributed by atoms with Gasteiger partial charge < -0.3 is 19.7 Å². The highest BCUT2D eigenvalue weighted by Crippen LogP contribution is 2.43. The van der Waals surface area contributed by atoms with Gasteiger partial charge >= 0.3 is 5.97 Å². The van der Waals surface area contributed by atoms with Crippen LogP contribution >= 0.6 is 15.9 Å². The number of aliphatic hydroxyl groups excluding tert-OH is 1. The Labute approximate surface area is 221 Å². The predicted molar refractivity (Wildman–Crippen MR) is 140 cm³/mol. The van der Waals surface area contributed by atoms with Gasteiger partial charge in [-0.2, -0.15) is 0 Å². The number of nitrogens with zero attached hydrogens (tertiary/aromatic N) is 1. The lowest BCUT2D eigenvalue weighted by Gasteiger charge is -2.25. The molecule has 1 saturated heterocycles. The molecule has 1 unspecified atom stereocenters. The second kappa shape index (κ2) is 10.9. The minimum absolute atomic E-state index is 0.0168. The fraction of sp³-hybridized carbons (Fsp3) is 0.179. The quantitative estimate of drug-likeness (QED) is 0.181. The van der Waals surface area contributed by atoms with Crippen molar-refractivity contribution in [3.8, 4) is 11.5 Å². The fourth-order valence-corrected chi connectivity index (χ4v) is 4.73. The van der Waals surface area contributed by atoms with Crippen molar-refractivity contribution in [2.24, 2.45) is 0 Å². The summed E-state index contributed by atoms with van der Waals surface area (Å²) < 4.78 is 10.8. The van der Waals surface area contributed by atoms with Crippen molar-refractivity contribution in [2.45, 2.75) is 19.4 Å². The highest BCUT2D eigenvalue weighted by Gasteiger charge is 2.47. The van der Waals surface area contributed by atoms with Crippen LogP contribution in [0.1, 0.15) is 29.7 Å². The molecule has 37 heavy (non-hydrogen) atoms. The van der Waals surface area contributed by atoms with E-state index < -0.39 is 17.7 Å². The van der Waals surface area contributed by atoms with Crippen molar-refractivity contribution in [1.29, 1.82) is 0 Å². The zero-order valence-corrected chi connectivity index (χ0v) is 21.7. The van der Waals surface area contributed by atoms with E-state index in [-0.39, 0.29) is 36.1 Å². The number of amides is 1. The summed E-state index contributed by atoms with van der Waals surface area (Å²) in [5, 5.41) is 21.1. The first-order valence-corrected chi connectivity index (χ1v) is 12.2. The number of phenolic OH excluding ortho intramolecular Hbond substituents is 1. The number of benzene rings is 3. The zero-order chi connectivity index (χ0) is 26.7. The molecule has 8 nitrogen and oxygen atoms in total. The number of aromatic hydroxyl groups is 1. The smallest absolute Gasteiger partial charge is 0.310 e. The van der Waals surface area contributed by atoms with Gasteiger partial charge in [-0.05, 0) is 76.4 Å². The van der Waals surface area contributed by atoms with Gasteiger partial charge in [0.1, 0.15) is 17.3 Å². The zero-order valence-electron chi connectivity index (χ0n) is 20.1. The number of carbonyl (C=O) groups excluding carboxylic acids is 3. The van der Waals surface area contributed by atoms with Crippen molar-refractivity contribution in [2.75, 3.05) is 18.6 Å². The number of rotatable bonds is 7. The Morgan fingerprint density at radius 3 is 2.30 bits per heavy atom. The largest absolute Gasteiger partial charge is 0.508 e. The molecule has 1 aliphatic heterocycles. The van der Waals surface area contributed by atoms with Crippen molar-refractivity contribution >= 4 is 45.0 Å². The summed E-state index contributed by atoms with van der Waals surface area (Å²) in [4.78, 5) is 39.7. The maximum atomic E-state index is 13.3. The van der Waals surface area contributed by atoms with E-state index in [9.17, 15) is 24.6 Å². The first kappa shape index (κ1) is 26.0. The number of hydrogen-bond donors (Lipinski definition) is 2. The van der Waals surface area contributed by atoms with E-state index in [0.717, 1.165) is 0 Å². The highest BCUT2D eigenvalue weighted by atomic mass is 79.9. The van der Waals surface area contributed by atoms with Crippen LogP contribution in [0.5, 0.6) is 11.5 Å². The van der Waals surface area contributed by atoms with Gasteiger partial charge in [0.25, 0.3) is 11.7 Å². The van der Waals surface area contributed by atoms with Gasteiger partial charge in [-0.25, -0.2) is 0 Å². The number of Topliss-reactive ketones (excluding diaryl/α,β-unsaturated/α-hetero) is 1. The van der Waals surface area contributed by atoms with Crippen LogP contribution in [0.4, 0.5) is 5.69 Å². The number of aliphatic hydroxyl groups is 1. The van der Waals surface area contributed by atoms with Gasteiger partial charge in [0.2, 0.25) is 0 Å². The van der Waals surface area contributed by atoms with E-state index in [0.29, 0.717) is 32.6 Å². The Hall–Kier alpha value is -4.11. The minimum Gasteiger partial charge on any atom is -0.508 e. The molecule has 190 valence electrons. The maximum absolute atomic E-state index is 13.3. The van der Waals surface area contributed by atoms with Gasteiger partial charge in [0.15, 0.2) is 0 Å². The first-order chi connectivity index (χ1) is 17.7. The second-order valence-corrected chi connectivity index (χ2v) is 9.11. The minimum atomic E-state index is -0.961. The Morgan fingerprint density at radius 1 is 1.03 bits per heavy atom. The van der Waals surface area contributed by atoms with Gasteiger partial charge in [0.05, 0.1) is 36.2 Å². The summed E-state index contributed by atoms with van der Waals surface area (Å²) in [6.45, 7) is 2.00. The molecule has 1 heterocycles. The van der Waals surface area contributed by atoms with E-state index >= 15 is 0 Å². The first-order valence-electron chi connectivity index (χ1n) is 11.4. The van der Waals surface area contributed by atoms with Gasteiger partial charge in [0, 0.05) is 11.3 Å². The van der Waals surface area contributed by atoms with E-state index in [1.807, 2.05) is 0 Å². The lowest BCUT2D eigenvalue weighted by molar-refractivity contribution is -0.142. The summed E-state index contributed by atoms with van der Waals surface area (Å²) in [5.74, 6) is -1.83. The summed E-state index contributed by atoms with van der Waals surface area (Å²) in [5.41, 5.74) is 1.83. The number of phenols is 1. The number of hydrogen-bond acceptors (Lipinski definition) is 7. The average molecular weight is 566 g/mol. The molecule has 0 aromatic heterocycles. The summed E-state index contributed by atoms with van der Waals surface area (Å²) >= 11 is 3.38. The van der Waals surface area contributed by atoms with Crippen LogP contribution in [0.25, 0.3) is 5.76 Å². The number of anilines is 1. The Balaban J connectivity index is 1.81. The van der Waals surface area contributed by atoms with Gasteiger partial charge in [-0.15, -0.1) is 0 Å². The third kappa shape index (κ3) is 5.22. The summed E-state index contributed by atoms with van der Waals surface area (Å²) in [6, 6.07) is 16.6. The molecule has 1 atom stereocenters. The summed E-state index contributed by atoms with van der Waals surface area (Å²) in [6.07, 6.45) is 0.0701. The molecule has 0 saturated carbocycles. The molecule has 0 radical (unpaired) electrons. The molecular weight excluding hydrogens is 542 g/mol. The number of esters is 1. The second-order valence-electron chi connectivity index (χ2n) is 8.26. The molecule has 1 aliphatic rings. The number of halogens is 1. The van der Waals surface area contributed by atoms with Crippen molar-refractivity contribution < 1.29 is 34.1 Å². The number of methoxy groups -OCH3 is 1. The Morgan fingerprint density at radius 2 is 1.70 bits per heavy atom. The number of ether oxygens (including phenoxy) is 2. The Bertz CT molecular complexity index is 1380. The highest BCUT2D eigenvalue weighted by molar-refractivity contribution is 9.10. The molecule has 1 fully saturated rings. The Kier molecular flexibility index (Phi) is 7.63. The lowest BCUT2D eigenvalue weighted by atomic mass is 9.95. The lowest BCUT2D eigenvalue weighted by Crippen LogP contribution is -2.29. The molecule has 1 amide bonds. The standard InChI is InChI=1S/C28H24BrNO7/c1-3-37-23(32)14-16-4-9-19(10-5-16)30-25(17-6-11-20(31)12-7-17)24(27(34)28(30)35)26(33)18-8-13-22(36-2)21(29)15-18/h4-13,15,25,31,33H,3,14H2,1-2H3/b26-24-. The fourth-order valence-electron chi connectivity index (χ4n) is 4.19. The molecule has 0 aliphatic carbocycles. The van der Waals surface area contributed by atoms with Crippen LogP contribution in [-0.4, -0.2) is 41.6 Å². The number of carbonyl (C=O) groups is 3. The normalized spacial score (nSPS) is 16.6. The monoisotopic (exact) mass is 565 g/mol. The molecule has 0 bridgehead atoms. The molecule has 9 heteroatoms. The van der Waals surface area contributed by atoms with Gasteiger partial charge in [-0.3, -0.25) is 19.3 Å². The molecule has 3 aromatic rings.